The second-order valence-electron chi connectivity index (χ2n) is 2.81. The fourth-order valence-corrected chi connectivity index (χ4v) is 1.60. The summed E-state index contributed by atoms with van der Waals surface area (Å²) < 4.78 is 12.6. The van der Waals surface area contributed by atoms with Gasteiger partial charge in [-0.3, -0.25) is 9.89 Å². The number of carbonyl (C=O) groups excluding carboxylic acids is 1. The average molecular weight is 238 g/mol. The number of rotatable bonds is 3. The van der Waals surface area contributed by atoms with Crippen LogP contribution in [0, 0.1) is 5.13 Å². The highest BCUT2D eigenvalue weighted by Gasteiger charge is 2.03. The van der Waals surface area contributed by atoms with E-state index in [4.69, 9.17) is 0 Å². The molecular weight excluding hydrogens is 231 g/mol. The average Bonchev–Trinajstić information content (AvgIpc) is 2.89. The number of hydrogen-bond donors (Lipinski definition) is 2. The van der Waals surface area contributed by atoms with Crippen molar-refractivity contribution in [3.8, 4) is 0 Å². The first-order valence-electron chi connectivity index (χ1n) is 4.34. The quantitative estimate of drug-likeness (QED) is 0.626. The number of aromatic amines is 1. The van der Waals surface area contributed by atoms with Gasteiger partial charge in [-0.05, 0) is 18.2 Å². The number of hydrogen-bond acceptors (Lipinski definition) is 4. The fourth-order valence-electron chi connectivity index (χ4n) is 0.995. The summed E-state index contributed by atoms with van der Waals surface area (Å²) in [4.78, 5) is 12.0. The molecule has 2 rings (SSSR count). The molecule has 0 aliphatic carbocycles. The Kier molecular flexibility index (Phi) is 3.06. The van der Waals surface area contributed by atoms with Crippen LogP contribution in [0.25, 0.3) is 0 Å². The molecule has 0 unspecified atom stereocenters. The molecule has 2 aromatic rings. The third-order valence-electron chi connectivity index (χ3n) is 1.70. The summed E-state index contributed by atoms with van der Waals surface area (Å²) in [6.07, 6.45) is 2.84. The lowest BCUT2D eigenvalue weighted by atomic mass is 10.4. The van der Waals surface area contributed by atoms with Crippen molar-refractivity contribution in [1.82, 2.24) is 15.6 Å². The predicted octanol–water partition coefficient (Wildman–Crippen LogP) is 1.37. The largest absolute Gasteiger partial charge is 0.289 e. The van der Waals surface area contributed by atoms with Crippen molar-refractivity contribution >= 4 is 23.5 Å². The molecule has 0 spiro atoms. The Labute approximate surface area is 94.0 Å². The van der Waals surface area contributed by atoms with Crippen molar-refractivity contribution in [2.45, 2.75) is 0 Å². The minimum atomic E-state index is -0.397. The summed E-state index contributed by atoms with van der Waals surface area (Å²) in [5.74, 6) is -0.397. The molecule has 2 aromatic heterocycles. The molecule has 0 fully saturated rings. The summed E-state index contributed by atoms with van der Waals surface area (Å²) in [5, 5.41) is 9.52. The first kappa shape index (κ1) is 10.5. The summed E-state index contributed by atoms with van der Waals surface area (Å²) in [6.45, 7) is 0. The number of halogens is 1. The monoisotopic (exact) mass is 238 g/mol. The normalized spacial score (nSPS) is 10.8. The lowest BCUT2D eigenvalue weighted by molar-refractivity contribution is 0.0950. The van der Waals surface area contributed by atoms with Gasteiger partial charge >= 0.3 is 0 Å². The topological polar surface area (TPSA) is 70.1 Å². The van der Waals surface area contributed by atoms with E-state index in [9.17, 15) is 9.18 Å². The molecule has 2 heterocycles. The number of thiophene rings is 1. The van der Waals surface area contributed by atoms with Gasteiger partial charge in [0.05, 0.1) is 11.1 Å². The summed E-state index contributed by atoms with van der Waals surface area (Å²) >= 11 is 0.949. The van der Waals surface area contributed by atoms with Crippen LogP contribution in [0.5, 0.6) is 0 Å². The van der Waals surface area contributed by atoms with Crippen LogP contribution >= 0.6 is 11.3 Å². The molecular formula is C9H7FN4OS. The highest BCUT2D eigenvalue weighted by Crippen LogP contribution is 2.11. The van der Waals surface area contributed by atoms with E-state index in [0.717, 1.165) is 11.3 Å². The molecule has 0 aliphatic heterocycles. The zero-order valence-electron chi connectivity index (χ0n) is 7.98. The summed E-state index contributed by atoms with van der Waals surface area (Å²) in [5.41, 5.74) is 2.60. The van der Waals surface area contributed by atoms with E-state index < -0.39 is 5.91 Å². The van der Waals surface area contributed by atoms with E-state index in [1.807, 2.05) is 0 Å². The smallest absolute Gasteiger partial charge is 0.273 e. The molecule has 0 saturated carbocycles. The second kappa shape index (κ2) is 4.67. The minimum Gasteiger partial charge on any atom is -0.273 e. The highest BCUT2D eigenvalue weighted by atomic mass is 32.1. The Hall–Kier alpha value is -2.02. The Morgan fingerprint density at radius 3 is 3.06 bits per heavy atom. The van der Waals surface area contributed by atoms with Gasteiger partial charge in [0.2, 0.25) is 0 Å². The van der Waals surface area contributed by atoms with E-state index >= 15 is 0 Å². The van der Waals surface area contributed by atoms with E-state index in [1.54, 1.807) is 6.07 Å². The van der Waals surface area contributed by atoms with Gasteiger partial charge in [-0.25, -0.2) is 5.43 Å². The maximum Gasteiger partial charge on any atom is 0.289 e. The van der Waals surface area contributed by atoms with Crippen molar-refractivity contribution in [2.24, 2.45) is 5.10 Å². The van der Waals surface area contributed by atoms with Crippen LogP contribution in [0.2, 0.25) is 0 Å². The Morgan fingerprint density at radius 1 is 1.56 bits per heavy atom. The molecule has 2 N–H and O–H groups in total. The first-order chi connectivity index (χ1) is 7.75. The van der Waals surface area contributed by atoms with E-state index in [-0.39, 0.29) is 5.13 Å². The van der Waals surface area contributed by atoms with Gasteiger partial charge < -0.3 is 0 Å². The lowest BCUT2D eigenvalue weighted by Gasteiger charge is -1.93. The summed E-state index contributed by atoms with van der Waals surface area (Å²) in [7, 11) is 0. The number of H-pyrrole nitrogens is 1. The molecule has 0 bridgehead atoms. The summed E-state index contributed by atoms with van der Waals surface area (Å²) in [6, 6.07) is 4.43. The van der Waals surface area contributed by atoms with Gasteiger partial charge in [0.1, 0.15) is 5.69 Å². The third kappa shape index (κ3) is 2.51. The first-order valence-corrected chi connectivity index (χ1v) is 5.15. The van der Waals surface area contributed by atoms with Gasteiger partial charge in [-0.2, -0.15) is 14.6 Å². The number of nitrogens with one attached hydrogen (secondary N) is 2. The van der Waals surface area contributed by atoms with Crippen LogP contribution < -0.4 is 5.43 Å². The zero-order valence-corrected chi connectivity index (χ0v) is 8.79. The van der Waals surface area contributed by atoms with E-state index in [0.29, 0.717) is 10.6 Å². The van der Waals surface area contributed by atoms with Gasteiger partial charge in [-0.1, -0.05) is 0 Å². The lowest BCUT2D eigenvalue weighted by Crippen LogP contribution is -2.17. The SMILES string of the molecule is O=C(N/N=C\c1ccc(F)s1)c1ccn[nH]1. The van der Waals surface area contributed by atoms with Crippen LogP contribution in [0.1, 0.15) is 15.4 Å². The van der Waals surface area contributed by atoms with Crippen molar-refractivity contribution in [3.05, 3.63) is 40.1 Å². The number of carbonyl (C=O) groups is 1. The molecule has 0 aliphatic rings. The third-order valence-corrected chi connectivity index (χ3v) is 2.51. The van der Waals surface area contributed by atoms with Gasteiger partial charge in [0.15, 0.2) is 5.13 Å². The maximum atomic E-state index is 12.6. The molecule has 1 amide bonds. The number of nitrogens with zero attached hydrogens (tertiary/aromatic N) is 2. The number of amides is 1. The molecule has 0 aromatic carbocycles. The van der Waals surface area contributed by atoms with Crippen molar-refractivity contribution < 1.29 is 9.18 Å². The molecule has 16 heavy (non-hydrogen) atoms. The van der Waals surface area contributed by atoms with Crippen molar-refractivity contribution in [3.63, 3.8) is 0 Å². The van der Waals surface area contributed by atoms with Crippen LogP contribution in [0.3, 0.4) is 0 Å². The van der Waals surface area contributed by atoms with Crippen LogP contribution in [-0.4, -0.2) is 22.3 Å². The van der Waals surface area contributed by atoms with Crippen LogP contribution in [0.4, 0.5) is 4.39 Å². The van der Waals surface area contributed by atoms with E-state index in [2.05, 4.69) is 20.7 Å². The molecule has 5 nitrogen and oxygen atoms in total. The predicted molar refractivity (Wildman–Crippen MR) is 57.9 cm³/mol. The Morgan fingerprint density at radius 2 is 2.44 bits per heavy atom. The van der Waals surface area contributed by atoms with Crippen molar-refractivity contribution in [1.29, 1.82) is 0 Å². The van der Waals surface area contributed by atoms with Gasteiger partial charge in [0, 0.05) is 6.20 Å². The minimum absolute atomic E-state index is 0.290. The van der Waals surface area contributed by atoms with Crippen LogP contribution in [-0.2, 0) is 0 Å². The highest BCUT2D eigenvalue weighted by molar-refractivity contribution is 7.12. The maximum absolute atomic E-state index is 12.6. The number of aromatic nitrogens is 2. The fraction of sp³-hybridized carbons (Fsp3) is 0. The second-order valence-corrected chi connectivity index (χ2v) is 3.88. The molecule has 0 saturated heterocycles. The van der Waals surface area contributed by atoms with Gasteiger partial charge in [-0.15, -0.1) is 11.3 Å². The van der Waals surface area contributed by atoms with Crippen LogP contribution in [0.15, 0.2) is 29.5 Å². The molecule has 0 radical (unpaired) electrons. The van der Waals surface area contributed by atoms with Gasteiger partial charge in [0.25, 0.3) is 5.91 Å². The zero-order chi connectivity index (χ0) is 11.4. The molecule has 7 heteroatoms. The van der Waals surface area contributed by atoms with Crippen molar-refractivity contribution in [2.75, 3.05) is 0 Å². The standard InChI is InChI=1S/C9H7FN4OS/c10-8-2-1-6(16-8)5-12-14-9(15)7-3-4-11-13-7/h1-5H,(H,11,13)(H,14,15)/b12-5-. The Balaban J connectivity index is 1.93. The number of hydrazone groups is 1. The molecule has 0 atom stereocenters. The molecule has 82 valence electrons. The Bertz CT molecular complexity index is 505. The van der Waals surface area contributed by atoms with E-state index in [1.165, 1.54) is 24.5 Å².